The Morgan fingerprint density at radius 1 is 1.24 bits per heavy atom. The minimum Gasteiger partial charge on any atom is -0.364 e. The third kappa shape index (κ3) is 3.30. The van der Waals surface area contributed by atoms with E-state index < -0.39 is 23.4 Å². The molecular formula is C20H19F3N4O2. The first-order chi connectivity index (χ1) is 13.7. The number of nitrogens with one attached hydrogen (secondary N) is 1. The zero-order valence-corrected chi connectivity index (χ0v) is 15.9. The van der Waals surface area contributed by atoms with E-state index in [2.05, 4.69) is 10.4 Å². The molecule has 0 spiro atoms. The summed E-state index contributed by atoms with van der Waals surface area (Å²) in [5.74, 6) is -0.714. The molecule has 152 valence electrons. The second kappa shape index (κ2) is 6.75. The molecule has 1 fully saturated rings. The summed E-state index contributed by atoms with van der Waals surface area (Å²) in [6.07, 6.45) is 0.379. The van der Waals surface area contributed by atoms with E-state index in [1.54, 1.807) is 10.8 Å². The van der Waals surface area contributed by atoms with Crippen molar-refractivity contribution in [1.29, 1.82) is 0 Å². The van der Waals surface area contributed by atoms with Gasteiger partial charge >= 0.3 is 0 Å². The molecule has 0 saturated heterocycles. The molecule has 2 aromatic heterocycles. The lowest BCUT2D eigenvalue weighted by Crippen LogP contribution is -2.30. The van der Waals surface area contributed by atoms with E-state index in [1.165, 1.54) is 25.2 Å². The Morgan fingerprint density at radius 2 is 1.97 bits per heavy atom. The summed E-state index contributed by atoms with van der Waals surface area (Å²) in [7, 11) is 1.44. The first kappa shape index (κ1) is 19.2. The van der Waals surface area contributed by atoms with Crippen molar-refractivity contribution in [2.45, 2.75) is 38.3 Å². The van der Waals surface area contributed by atoms with Crippen LogP contribution in [0.3, 0.4) is 0 Å². The summed E-state index contributed by atoms with van der Waals surface area (Å²) in [4.78, 5) is 24.9. The van der Waals surface area contributed by atoms with Crippen LogP contribution in [-0.2, 0) is 19.1 Å². The second-order valence-corrected chi connectivity index (χ2v) is 7.56. The number of aromatic nitrogens is 3. The van der Waals surface area contributed by atoms with Crippen LogP contribution in [0.25, 0.3) is 10.8 Å². The molecule has 1 saturated carbocycles. The van der Waals surface area contributed by atoms with E-state index in [4.69, 9.17) is 0 Å². The van der Waals surface area contributed by atoms with Gasteiger partial charge in [-0.3, -0.25) is 9.59 Å². The number of rotatable bonds is 5. The maximum Gasteiger partial charge on any atom is 0.274 e. The molecule has 0 amide bonds. The standard InChI is InChI=1S/C20H19F3N4O2/c1-20(6-7-20)27-10-14-13(8-15(27)28)19(29)26(2)25-18(14)24-9-11-4-3-5-12(16(11)21)17(22)23/h3-5,8,10,17H,6-7,9H2,1-2H3,(H,24,25). The van der Waals surface area contributed by atoms with Crippen LogP contribution in [0.5, 0.6) is 0 Å². The Bertz CT molecular complexity index is 1230. The lowest BCUT2D eigenvalue weighted by Gasteiger charge is -2.16. The number of fused-ring (bicyclic) bond motifs is 1. The molecule has 1 aliphatic carbocycles. The van der Waals surface area contributed by atoms with Crippen LogP contribution < -0.4 is 16.4 Å². The van der Waals surface area contributed by atoms with Crippen LogP contribution in [0.2, 0.25) is 0 Å². The molecule has 0 radical (unpaired) electrons. The number of alkyl halides is 2. The molecule has 6 nitrogen and oxygen atoms in total. The van der Waals surface area contributed by atoms with Gasteiger partial charge in [0.2, 0.25) is 0 Å². The van der Waals surface area contributed by atoms with Crippen molar-refractivity contribution in [3.05, 3.63) is 68.1 Å². The minimum absolute atomic E-state index is 0.0501. The Hall–Kier alpha value is -3.10. The number of anilines is 1. The van der Waals surface area contributed by atoms with Crippen molar-refractivity contribution in [2.75, 3.05) is 5.32 Å². The van der Waals surface area contributed by atoms with Gasteiger partial charge in [-0.1, -0.05) is 18.2 Å². The zero-order chi connectivity index (χ0) is 20.9. The Balaban J connectivity index is 1.78. The monoisotopic (exact) mass is 404 g/mol. The van der Waals surface area contributed by atoms with Crippen LogP contribution in [-0.4, -0.2) is 14.3 Å². The van der Waals surface area contributed by atoms with Gasteiger partial charge in [-0.05, 0) is 19.8 Å². The summed E-state index contributed by atoms with van der Waals surface area (Å²) in [5, 5.41) is 7.72. The lowest BCUT2D eigenvalue weighted by molar-refractivity contribution is 0.146. The van der Waals surface area contributed by atoms with Gasteiger partial charge in [0.1, 0.15) is 5.82 Å². The summed E-state index contributed by atoms with van der Waals surface area (Å²) in [5.41, 5.74) is -1.61. The van der Waals surface area contributed by atoms with Crippen LogP contribution in [0, 0.1) is 5.82 Å². The van der Waals surface area contributed by atoms with Crippen LogP contribution in [0.15, 0.2) is 40.1 Å². The van der Waals surface area contributed by atoms with Gasteiger partial charge in [-0.2, -0.15) is 5.10 Å². The molecule has 0 bridgehead atoms. The molecule has 1 aromatic carbocycles. The van der Waals surface area contributed by atoms with E-state index in [9.17, 15) is 22.8 Å². The van der Waals surface area contributed by atoms with Crippen molar-refractivity contribution >= 4 is 16.6 Å². The molecule has 0 aliphatic heterocycles. The third-order valence-electron chi connectivity index (χ3n) is 5.43. The lowest BCUT2D eigenvalue weighted by atomic mass is 10.1. The highest BCUT2D eigenvalue weighted by Gasteiger charge is 2.40. The fourth-order valence-corrected chi connectivity index (χ4v) is 3.38. The normalized spacial score (nSPS) is 15.1. The van der Waals surface area contributed by atoms with E-state index >= 15 is 0 Å². The van der Waals surface area contributed by atoms with Crippen LogP contribution in [0.1, 0.15) is 37.3 Å². The highest BCUT2D eigenvalue weighted by molar-refractivity contribution is 5.90. The predicted molar refractivity (Wildman–Crippen MR) is 103 cm³/mol. The number of hydrogen-bond donors (Lipinski definition) is 1. The first-order valence-corrected chi connectivity index (χ1v) is 9.15. The molecule has 9 heteroatoms. The average Bonchev–Trinajstić information content (AvgIpc) is 3.42. The quantitative estimate of drug-likeness (QED) is 0.709. The highest BCUT2D eigenvalue weighted by Crippen LogP contribution is 2.42. The number of benzene rings is 1. The van der Waals surface area contributed by atoms with Crippen molar-refractivity contribution in [3.63, 3.8) is 0 Å². The molecule has 1 aliphatic rings. The largest absolute Gasteiger partial charge is 0.364 e. The van der Waals surface area contributed by atoms with E-state index in [0.717, 1.165) is 23.6 Å². The molecule has 4 rings (SSSR count). The van der Waals surface area contributed by atoms with Gasteiger partial charge in [0.05, 0.1) is 10.9 Å². The fraction of sp³-hybridized carbons (Fsp3) is 0.350. The Labute approximate surface area is 163 Å². The van der Waals surface area contributed by atoms with Gasteiger partial charge < -0.3 is 9.88 Å². The van der Waals surface area contributed by atoms with Gasteiger partial charge in [-0.15, -0.1) is 0 Å². The van der Waals surface area contributed by atoms with Gasteiger partial charge in [0.25, 0.3) is 17.5 Å². The summed E-state index contributed by atoms with van der Waals surface area (Å²) >= 11 is 0. The predicted octanol–water partition coefficient (Wildman–Crippen LogP) is 3.29. The van der Waals surface area contributed by atoms with Crippen molar-refractivity contribution < 1.29 is 13.2 Å². The topological polar surface area (TPSA) is 68.9 Å². The number of aryl methyl sites for hydroxylation is 1. The maximum atomic E-state index is 14.3. The molecule has 0 atom stereocenters. The zero-order valence-electron chi connectivity index (χ0n) is 15.9. The second-order valence-electron chi connectivity index (χ2n) is 7.56. The van der Waals surface area contributed by atoms with Crippen LogP contribution >= 0.6 is 0 Å². The highest BCUT2D eigenvalue weighted by atomic mass is 19.3. The fourth-order valence-electron chi connectivity index (χ4n) is 3.38. The van der Waals surface area contributed by atoms with E-state index in [1.807, 2.05) is 6.92 Å². The molecule has 0 unspecified atom stereocenters. The van der Waals surface area contributed by atoms with Gasteiger partial charge in [-0.25, -0.2) is 17.9 Å². The van der Waals surface area contributed by atoms with Crippen molar-refractivity contribution in [1.82, 2.24) is 14.3 Å². The number of halogens is 3. The average molecular weight is 404 g/mol. The third-order valence-corrected chi connectivity index (χ3v) is 5.43. The number of pyridine rings is 1. The molecule has 3 aromatic rings. The molecule has 1 N–H and O–H groups in total. The minimum atomic E-state index is -2.92. The van der Waals surface area contributed by atoms with Gasteiger partial charge in [0.15, 0.2) is 5.82 Å². The Morgan fingerprint density at radius 3 is 2.62 bits per heavy atom. The van der Waals surface area contributed by atoms with Crippen molar-refractivity contribution in [3.8, 4) is 0 Å². The molecule has 2 heterocycles. The maximum absolute atomic E-state index is 14.3. The number of hydrogen-bond acceptors (Lipinski definition) is 4. The van der Waals surface area contributed by atoms with Crippen molar-refractivity contribution in [2.24, 2.45) is 7.05 Å². The van der Waals surface area contributed by atoms with E-state index in [0.29, 0.717) is 5.39 Å². The Kier molecular flexibility index (Phi) is 4.48. The molecular weight excluding hydrogens is 385 g/mol. The summed E-state index contributed by atoms with van der Waals surface area (Å²) in [6, 6.07) is 5.09. The summed E-state index contributed by atoms with van der Waals surface area (Å²) < 4.78 is 42.9. The summed E-state index contributed by atoms with van der Waals surface area (Å²) in [6.45, 7) is 1.84. The smallest absolute Gasteiger partial charge is 0.274 e. The number of nitrogens with zero attached hydrogens (tertiary/aromatic N) is 3. The molecule has 29 heavy (non-hydrogen) atoms. The van der Waals surface area contributed by atoms with Crippen LogP contribution in [0.4, 0.5) is 19.0 Å². The van der Waals surface area contributed by atoms with Gasteiger partial charge in [0, 0.05) is 42.3 Å². The SMILES string of the molecule is Cn1nc(NCc2cccc(C(F)F)c2F)c2cn(C3(C)CC3)c(=O)cc2c1=O. The first-order valence-electron chi connectivity index (χ1n) is 9.15. The van der Waals surface area contributed by atoms with E-state index in [-0.39, 0.29) is 34.4 Å².